The maximum Gasteiger partial charge on any atom is 0.257 e. The summed E-state index contributed by atoms with van der Waals surface area (Å²) in [4.78, 5) is 40.2. The quantitative estimate of drug-likeness (QED) is 0.596. The monoisotopic (exact) mass is 507 g/mol. The molecule has 0 aromatic heterocycles. The summed E-state index contributed by atoms with van der Waals surface area (Å²) in [6.45, 7) is 1.02. The fourth-order valence-electron chi connectivity index (χ4n) is 4.93. The first-order chi connectivity index (χ1) is 17.9. The number of hydrogen-bond donors (Lipinski definition) is 2. The molecule has 9 heteroatoms. The van der Waals surface area contributed by atoms with Gasteiger partial charge in [0.1, 0.15) is 24.2 Å². The van der Waals surface area contributed by atoms with Crippen molar-refractivity contribution in [1.82, 2.24) is 10.2 Å². The Kier molecular flexibility index (Phi) is 7.32. The number of fused-ring (bicyclic) bond motifs is 2. The summed E-state index contributed by atoms with van der Waals surface area (Å²) in [6.07, 6.45) is 3.60. The topological polar surface area (TPSA) is 106 Å². The smallest absolute Gasteiger partial charge is 0.257 e. The van der Waals surface area contributed by atoms with Crippen LogP contribution in [0.1, 0.15) is 52.8 Å². The van der Waals surface area contributed by atoms with Crippen molar-refractivity contribution in [3.8, 4) is 11.5 Å². The van der Waals surface area contributed by atoms with Crippen LogP contribution in [0.3, 0.4) is 0 Å². The van der Waals surface area contributed by atoms with Gasteiger partial charge in [-0.25, -0.2) is 0 Å². The maximum absolute atomic E-state index is 13.4. The van der Waals surface area contributed by atoms with Gasteiger partial charge >= 0.3 is 0 Å². The SMILES string of the molecule is COc1cccc(C(=O)Nc2ccc3c(c2)C(=O)N(C)[C@H]2CC[C@@H](CC(=O)NCC4CC4)O[C@H]2CO3)c1. The van der Waals surface area contributed by atoms with Gasteiger partial charge in [0.05, 0.1) is 31.2 Å². The van der Waals surface area contributed by atoms with Gasteiger partial charge in [0.25, 0.3) is 11.8 Å². The number of likely N-dealkylation sites (N-methyl/N-ethyl adjacent to an activating group) is 1. The van der Waals surface area contributed by atoms with E-state index in [9.17, 15) is 14.4 Å². The molecule has 2 N–H and O–H groups in total. The number of methoxy groups -OCH3 is 1. The Hall–Kier alpha value is -3.59. The van der Waals surface area contributed by atoms with Crippen LogP contribution in [0.4, 0.5) is 5.69 Å². The summed E-state index contributed by atoms with van der Waals surface area (Å²) in [5, 5.41) is 5.85. The molecule has 2 aliphatic heterocycles. The molecule has 1 aliphatic carbocycles. The summed E-state index contributed by atoms with van der Waals surface area (Å²) >= 11 is 0. The lowest BCUT2D eigenvalue weighted by molar-refractivity contribution is -0.134. The Balaban J connectivity index is 1.25. The molecule has 3 atom stereocenters. The molecule has 2 aromatic carbocycles. The zero-order valence-electron chi connectivity index (χ0n) is 21.2. The number of nitrogens with one attached hydrogen (secondary N) is 2. The van der Waals surface area contributed by atoms with Crippen molar-refractivity contribution in [2.45, 2.75) is 50.4 Å². The first kappa shape index (κ1) is 25.1. The predicted molar refractivity (Wildman–Crippen MR) is 137 cm³/mol. The molecule has 1 saturated heterocycles. The Bertz CT molecular complexity index is 1180. The molecule has 3 amide bonds. The van der Waals surface area contributed by atoms with E-state index in [1.165, 1.54) is 12.8 Å². The van der Waals surface area contributed by atoms with E-state index in [1.54, 1.807) is 61.5 Å². The van der Waals surface area contributed by atoms with Crippen molar-refractivity contribution in [3.05, 3.63) is 53.6 Å². The number of ether oxygens (including phenoxy) is 3. The maximum atomic E-state index is 13.4. The Morgan fingerprint density at radius 3 is 2.73 bits per heavy atom. The van der Waals surface area contributed by atoms with Gasteiger partial charge in [0.15, 0.2) is 0 Å². The van der Waals surface area contributed by atoms with Crippen LogP contribution < -0.4 is 20.1 Å². The largest absolute Gasteiger partial charge is 0.497 e. The molecule has 0 bridgehead atoms. The Labute approximate surface area is 216 Å². The van der Waals surface area contributed by atoms with E-state index in [0.29, 0.717) is 47.1 Å². The van der Waals surface area contributed by atoms with E-state index in [0.717, 1.165) is 13.0 Å². The third kappa shape index (κ3) is 5.88. The lowest BCUT2D eigenvalue weighted by atomic mass is 9.94. The summed E-state index contributed by atoms with van der Waals surface area (Å²) < 4.78 is 17.5. The third-order valence-corrected chi connectivity index (χ3v) is 7.30. The molecule has 196 valence electrons. The first-order valence-corrected chi connectivity index (χ1v) is 12.8. The van der Waals surface area contributed by atoms with E-state index in [-0.39, 0.29) is 42.6 Å². The van der Waals surface area contributed by atoms with Crippen LogP contribution in [0, 0.1) is 5.92 Å². The molecule has 0 radical (unpaired) electrons. The van der Waals surface area contributed by atoms with Crippen LogP contribution in [0.5, 0.6) is 11.5 Å². The van der Waals surface area contributed by atoms with Crippen molar-refractivity contribution in [2.75, 3.05) is 32.6 Å². The van der Waals surface area contributed by atoms with Crippen molar-refractivity contribution in [1.29, 1.82) is 0 Å². The second kappa shape index (κ2) is 10.8. The van der Waals surface area contributed by atoms with Crippen LogP contribution in [-0.4, -0.2) is 68.2 Å². The number of benzene rings is 2. The number of nitrogens with zero attached hydrogens (tertiary/aromatic N) is 1. The van der Waals surface area contributed by atoms with Gasteiger partial charge < -0.3 is 29.7 Å². The van der Waals surface area contributed by atoms with Gasteiger partial charge in [-0.1, -0.05) is 6.07 Å². The average molecular weight is 508 g/mol. The van der Waals surface area contributed by atoms with E-state index < -0.39 is 0 Å². The minimum absolute atomic E-state index is 0.0143. The Morgan fingerprint density at radius 2 is 1.95 bits per heavy atom. The van der Waals surface area contributed by atoms with E-state index in [1.807, 2.05) is 0 Å². The minimum atomic E-state index is -0.329. The second-order valence-corrected chi connectivity index (χ2v) is 10.0. The summed E-state index contributed by atoms with van der Waals surface area (Å²) in [7, 11) is 3.31. The number of anilines is 1. The normalized spacial score (nSPS) is 23.0. The highest BCUT2D eigenvalue weighted by Gasteiger charge is 2.39. The minimum Gasteiger partial charge on any atom is -0.497 e. The molecule has 2 fully saturated rings. The fourth-order valence-corrected chi connectivity index (χ4v) is 4.93. The Morgan fingerprint density at radius 1 is 1.11 bits per heavy atom. The second-order valence-electron chi connectivity index (χ2n) is 10.0. The molecule has 9 nitrogen and oxygen atoms in total. The van der Waals surface area contributed by atoms with Crippen LogP contribution in [0.25, 0.3) is 0 Å². The molecule has 37 heavy (non-hydrogen) atoms. The van der Waals surface area contributed by atoms with Gasteiger partial charge in [0, 0.05) is 24.8 Å². The highest BCUT2D eigenvalue weighted by Crippen LogP contribution is 2.33. The molecule has 1 saturated carbocycles. The van der Waals surface area contributed by atoms with Crippen LogP contribution in [-0.2, 0) is 9.53 Å². The standard InChI is InChI=1S/C28H33N3O6/c1-31-23-10-9-21(14-26(32)29-15-17-6-7-17)37-25(23)16-36-24-11-8-19(13-22(24)28(31)34)30-27(33)18-4-3-5-20(12-18)35-2/h3-5,8,11-13,17,21,23,25H,6-7,9-10,14-16H2,1-2H3,(H,29,32)(H,30,33)/t21-,23-,25-/m0/s1. The van der Waals surface area contributed by atoms with Crippen LogP contribution in [0.15, 0.2) is 42.5 Å². The average Bonchev–Trinajstić information content (AvgIpc) is 3.74. The van der Waals surface area contributed by atoms with Gasteiger partial charge in [-0.3, -0.25) is 14.4 Å². The molecule has 3 aliphatic rings. The molecule has 5 rings (SSSR count). The van der Waals surface area contributed by atoms with Crippen molar-refractivity contribution >= 4 is 23.4 Å². The van der Waals surface area contributed by atoms with Gasteiger partial charge in [-0.05, 0) is 68.0 Å². The van der Waals surface area contributed by atoms with E-state index in [4.69, 9.17) is 14.2 Å². The third-order valence-electron chi connectivity index (χ3n) is 7.30. The van der Waals surface area contributed by atoms with Crippen molar-refractivity contribution in [3.63, 3.8) is 0 Å². The van der Waals surface area contributed by atoms with E-state index >= 15 is 0 Å². The van der Waals surface area contributed by atoms with Crippen molar-refractivity contribution in [2.24, 2.45) is 5.92 Å². The number of hydrogen-bond acceptors (Lipinski definition) is 6. The molecule has 2 heterocycles. The summed E-state index contributed by atoms with van der Waals surface area (Å²) in [6, 6.07) is 11.7. The van der Waals surface area contributed by atoms with Gasteiger partial charge in [-0.15, -0.1) is 0 Å². The van der Waals surface area contributed by atoms with Crippen LogP contribution in [0.2, 0.25) is 0 Å². The summed E-state index contributed by atoms with van der Waals surface area (Å²) in [5.41, 5.74) is 1.32. The number of amides is 3. The zero-order chi connectivity index (χ0) is 25.9. The highest BCUT2D eigenvalue weighted by atomic mass is 16.5. The summed E-state index contributed by atoms with van der Waals surface area (Å²) in [5.74, 6) is 1.16. The van der Waals surface area contributed by atoms with Gasteiger partial charge in [0.2, 0.25) is 5.91 Å². The fraction of sp³-hybridized carbons (Fsp3) is 0.464. The molecular formula is C28H33N3O6. The molecule has 0 unspecified atom stereocenters. The molecular weight excluding hydrogens is 474 g/mol. The molecule has 2 aromatic rings. The predicted octanol–water partition coefficient (Wildman–Crippen LogP) is 3.24. The van der Waals surface area contributed by atoms with Crippen LogP contribution >= 0.6 is 0 Å². The lowest BCUT2D eigenvalue weighted by Crippen LogP contribution is -2.54. The zero-order valence-corrected chi connectivity index (χ0v) is 21.2. The van der Waals surface area contributed by atoms with Gasteiger partial charge in [-0.2, -0.15) is 0 Å². The highest BCUT2D eigenvalue weighted by molar-refractivity contribution is 6.05. The number of carbonyl (C=O) groups is 3. The lowest BCUT2D eigenvalue weighted by Gasteiger charge is -2.42. The van der Waals surface area contributed by atoms with Crippen molar-refractivity contribution < 1.29 is 28.6 Å². The number of rotatable bonds is 7. The molecule has 0 spiro atoms. The first-order valence-electron chi connectivity index (χ1n) is 12.8. The number of carbonyl (C=O) groups excluding carboxylic acids is 3. The van der Waals surface area contributed by atoms with E-state index in [2.05, 4.69) is 10.6 Å².